The maximum atomic E-state index is 6.03. The van der Waals surface area contributed by atoms with Crippen molar-refractivity contribution in [2.24, 2.45) is 5.92 Å². The first-order chi connectivity index (χ1) is 10.8. The zero-order valence-corrected chi connectivity index (χ0v) is 12.9. The summed E-state index contributed by atoms with van der Waals surface area (Å²) in [6.45, 7) is 0.840. The minimum atomic E-state index is 0.181. The van der Waals surface area contributed by atoms with Gasteiger partial charge in [-0.25, -0.2) is 0 Å². The van der Waals surface area contributed by atoms with E-state index in [1.54, 1.807) is 14.2 Å². The van der Waals surface area contributed by atoms with Gasteiger partial charge in [0.15, 0.2) is 11.5 Å². The molecule has 114 valence electrons. The Bertz CT molecular complexity index is 681. The molecule has 1 aliphatic carbocycles. The van der Waals surface area contributed by atoms with Crippen LogP contribution in [0.15, 0.2) is 42.5 Å². The van der Waals surface area contributed by atoms with E-state index in [0.717, 1.165) is 24.5 Å². The van der Waals surface area contributed by atoms with Crippen molar-refractivity contribution in [3.05, 3.63) is 59.2 Å². The van der Waals surface area contributed by atoms with Crippen LogP contribution in [-0.2, 0) is 4.74 Å². The van der Waals surface area contributed by atoms with Crippen LogP contribution < -0.4 is 9.47 Å². The highest BCUT2D eigenvalue weighted by Gasteiger charge is 2.45. The minimum absolute atomic E-state index is 0.181. The summed E-state index contributed by atoms with van der Waals surface area (Å²) < 4.78 is 17.0. The van der Waals surface area contributed by atoms with Crippen LogP contribution in [0.3, 0.4) is 0 Å². The zero-order valence-electron chi connectivity index (χ0n) is 12.9. The molecule has 2 aromatic carbocycles. The van der Waals surface area contributed by atoms with Crippen molar-refractivity contribution in [3.8, 4) is 11.5 Å². The molecule has 3 heteroatoms. The SMILES string of the molecule is COc1cc2c(cc1OC)[C@@H]1OCC[C@@H]1[C@H]2c1ccccc1. The van der Waals surface area contributed by atoms with Crippen molar-refractivity contribution < 1.29 is 14.2 Å². The lowest BCUT2D eigenvalue weighted by Crippen LogP contribution is -2.08. The van der Waals surface area contributed by atoms with Gasteiger partial charge in [0.05, 0.1) is 20.3 Å². The van der Waals surface area contributed by atoms with Crippen LogP contribution in [0.25, 0.3) is 0 Å². The topological polar surface area (TPSA) is 27.7 Å². The van der Waals surface area contributed by atoms with E-state index in [4.69, 9.17) is 14.2 Å². The number of ether oxygens (including phenoxy) is 3. The Morgan fingerprint density at radius 3 is 2.32 bits per heavy atom. The third-order valence-electron chi connectivity index (χ3n) is 4.96. The van der Waals surface area contributed by atoms with Crippen LogP contribution in [0.1, 0.15) is 35.1 Å². The highest BCUT2D eigenvalue weighted by Crippen LogP contribution is 2.56. The predicted molar refractivity (Wildman–Crippen MR) is 84.6 cm³/mol. The Morgan fingerprint density at radius 2 is 1.64 bits per heavy atom. The van der Waals surface area contributed by atoms with E-state index in [2.05, 4.69) is 42.5 Å². The summed E-state index contributed by atoms with van der Waals surface area (Å²) in [5, 5.41) is 0. The molecule has 1 saturated heterocycles. The third kappa shape index (κ3) is 1.92. The Balaban J connectivity index is 1.88. The second kappa shape index (κ2) is 5.33. The second-order valence-electron chi connectivity index (χ2n) is 5.97. The van der Waals surface area contributed by atoms with Crippen LogP contribution >= 0.6 is 0 Å². The number of methoxy groups -OCH3 is 2. The first-order valence-corrected chi connectivity index (χ1v) is 7.76. The van der Waals surface area contributed by atoms with Gasteiger partial charge in [0.2, 0.25) is 0 Å². The number of benzene rings is 2. The fourth-order valence-corrected chi connectivity index (χ4v) is 4.01. The molecular formula is C19H20O3. The highest BCUT2D eigenvalue weighted by molar-refractivity contribution is 5.55. The van der Waals surface area contributed by atoms with Crippen molar-refractivity contribution >= 4 is 0 Å². The van der Waals surface area contributed by atoms with Crippen molar-refractivity contribution in [1.29, 1.82) is 0 Å². The normalized spacial score (nSPS) is 25.6. The van der Waals surface area contributed by atoms with E-state index in [1.807, 2.05) is 0 Å². The molecule has 1 heterocycles. The van der Waals surface area contributed by atoms with Crippen LogP contribution in [-0.4, -0.2) is 20.8 Å². The molecule has 0 amide bonds. The molecule has 3 nitrogen and oxygen atoms in total. The summed E-state index contributed by atoms with van der Waals surface area (Å²) in [5.74, 6) is 2.46. The fraction of sp³-hybridized carbons (Fsp3) is 0.368. The molecule has 0 radical (unpaired) electrons. The Labute approximate surface area is 130 Å². The molecular weight excluding hydrogens is 276 g/mol. The van der Waals surface area contributed by atoms with E-state index in [1.165, 1.54) is 16.7 Å². The van der Waals surface area contributed by atoms with Gasteiger partial charge in [-0.1, -0.05) is 30.3 Å². The average molecular weight is 296 g/mol. The molecule has 4 rings (SSSR count). The molecule has 0 aromatic heterocycles. The lowest BCUT2D eigenvalue weighted by molar-refractivity contribution is 0.0967. The van der Waals surface area contributed by atoms with Crippen LogP contribution in [0.5, 0.6) is 11.5 Å². The molecule has 1 fully saturated rings. The summed E-state index contributed by atoms with van der Waals surface area (Å²) >= 11 is 0. The predicted octanol–water partition coefficient (Wildman–Crippen LogP) is 3.93. The van der Waals surface area contributed by atoms with Gasteiger partial charge in [-0.05, 0) is 35.2 Å². The molecule has 2 aromatic rings. The highest BCUT2D eigenvalue weighted by atomic mass is 16.5. The molecule has 0 unspecified atom stereocenters. The number of rotatable bonds is 3. The van der Waals surface area contributed by atoms with Crippen molar-refractivity contribution in [3.63, 3.8) is 0 Å². The van der Waals surface area contributed by atoms with Gasteiger partial charge in [-0.3, -0.25) is 0 Å². The maximum Gasteiger partial charge on any atom is 0.161 e. The van der Waals surface area contributed by atoms with Crippen molar-refractivity contribution in [2.75, 3.05) is 20.8 Å². The lowest BCUT2D eigenvalue weighted by atomic mass is 9.84. The van der Waals surface area contributed by atoms with Crippen LogP contribution in [0, 0.1) is 5.92 Å². The first-order valence-electron chi connectivity index (χ1n) is 7.76. The monoisotopic (exact) mass is 296 g/mol. The van der Waals surface area contributed by atoms with Crippen LogP contribution in [0.4, 0.5) is 0 Å². The van der Waals surface area contributed by atoms with Crippen LogP contribution in [0.2, 0.25) is 0 Å². The molecule has 0 bridgehead atoms. The van der Waals surface area contributed by atoms with Gasteiger partial charge in [0, 0.05) is 18.4 Å². The molecule has 3 atom stereocenters. The number of fused-ring (bicyclic) bond motifs is 3. The quantitative estimate of drug-likeness (QED) is 0.859. The molecule has 1 aliphatic heterocycles. The van der Waals surface area contributed by atoms with E-state index < -0.39 is 0 Å². The van der Waals surface area contributed by atoms with E-state index >= 15 is 0 Å². The first kappa shape index (κ1) is 13.6. The molecule has 22 heavy (non-hydrogen) atoms. The van der Waals surface area contributed by atoms with Gasteiger partial charge >= 0.3 is 0 Å². The number of hydrogen-bond donors (Lipinski definition) is 0. The molecule has 0 N–H and O–H groups in total. The molecule has 0 saturated carbocycles. The summed E-state index contributed by atoms with van der Waals surface area (Å²) in [5.41, 5.74) is 3.93. The van der Waals surface area contributed by atoms with Crippen molar-refractivity contribution in [2.45, 2.75) is 18.4 Å². The minimum Gasteiger partial charge on any atom is -0.493 e. The Hall–Kier alpha value is -2.00. The van der Waals surface area contributed by atoms with Gasteiger partial charge in [0.25, 0.3) is 0 Å². The summed E-state index contributed by atoms with van der Waals surface area (Å²) in [6.07, 6.45) is 1.28. The zero-order chi connectivity index (χ0) is 15.1. The Morgan fingerprint density at radius 1 is 0.955 bits per heavy atom. The summed E-state index contributed by atoms with van der Waals surface area (Å²) in [6, 6.07) is 14.9. The van der Waals surface area contributed by atoms with Gasteiger partial charge in [-0.2, -0.15) is 0 Å². The fourth-order valence-electron chi connectivity index (χ4n) is 4.01. The molecule has 2 aliphatic rings. The average Bonchev–Trinajstić information content (AvgIpc) is 3.14. The summed E-state index contributed by atoms with van der Waals surface area (Å²) in [7, 11) is 3.37. The van der Waals surface area contributed by atoms with E-state index in [0.29, 0.717) is 11.8 Å². The van der Waals surface area contributed by atoms with E-state index in [-0.39, 0.29) is 6.10 Å². The summed E-state index contributed by atoms with van der Waals surface area (Å²) in [4.78, 5) is 0. The van der Waals surface area contributed by atoms with Gasteiger partial charge < -0.3 is 14.2 Å². The largest absolute Gasteiger partial charge is 0.493 e. The van der Waals surface area contributed by atoms with E-state index in [9.17, 15) is 0 Å². The second-order valence-corrected chi connectivity index (χ2v) is 5.97. The third-order valence-corrected chi connectivity index (χ3v) is 4.96. The van der Waals surface area contributed by atoms with Crippen molar-refractivity contribution in [1.82, 2.24) is 0 Å². The van der Waals surface area contributed by atoms with Gasteiger partial charge in [-0.15, -0.1) is 0 Å². The lowest BCUT2D eigenvalue weighted by Gasteiger charge is -2.19. The van der Waals surface area contributed by atoms with Gasteiger partial charge in [0.1, 0.15) is 0 Å². The Kier molecular flexibility index (Phi) is 3.30. The smallest absolute Gasteiger partial charge is 0.161 e. The maximum absolute atomic E-state index is 6.03. The number of hydrogen-bond acceptors (Lipinski definition) is 3. The standard InChI is InChI=1S/C19H20O3/c1-20-16-10-14-15(11-17(16)21-2)19-13(8-9-22-19)18(14)12-6-4-3-5-7-12/h3-7,10-11,13,18-19H,8-9H2,1-2H3/t13-,18-,19-/m1/s1. The molecule has 0 spiro atoms.